The van der Waals surface area contributed by atoms with Crippen molar-refractivity contribution in [3.8, 4) is 17.2 Å². The largest absolute Gasteiger partial charge is 0.486 e. The van der Waals surface area contributed by atoms with Gasteiger partial charge in [0, 0.05) is 24.3 Å². The first-order valence-electron chi connectivity index (χ1n) is 8.57. The highest BCUT2D eigenvalue weighted by Crippen LogP contribution is 2.27. The third kappa shape index (κ3) is 4.95. The Bertz CT molecular complexity index is 905. The zero-order valence-electron chi connectivity index (χ0n) is 15.0. The summed E-state index contributed by atoms with van der Waals surface area (Å²) >= 11 is 0. The molecule has 0 amide bonds. The summed E-state index contributed by atoms with van der Waals surface area (Å²) < 4.78 is 11.8. The van der Waals surface area contributed by atoms with Crippen molar-refractivity contribution in [2.24, 2.45) is 5.73 Å². The van der Waals surface area contributed by atoms with Crippen molar-refractivity contribution in [2.75, 3.05) is 0 Å². The maximum atomic E-state index is 7.06. The number of ether oxygens (including phenoxy) is 2. The third-order valence-corrected chi connectivity index (χ3v) is 4.00. The Kier molecular flexibility index (Phi) is 5.84. The van der Waals surface area contributed by atoms with Gasteiger partial charge in [0.1, 0.15) is 23.4 Å². The van der Waals surface area contributed by atoms with E-state index in [0.29, 0.717) is 11.4 Å². The number of allylic oxidation sites excluding steroid dienone is 1. The maximum Gasteiger partial charge on any atom is 0.127 e. The van der Waals surface area contributed by atoms with Crippen LogP contribution in [0.5, 0.6) is 17.2 Å². The van der Waals surface area contributed by atoms with Crippen LogP contribution in [0.3, 0.4) is 0 Å². The minimum absolute atomic E-state index is 0.0632. The highest BCUT2D eigenvalue weighted by atomic mass is 16.5. The number of hydrogen-bond acceptors (Lipinski definition) is 5. The summed E-state index contributed by atoms with van der Waals surface area (Å²) in [6.45, 7) is 2.00. The summed E-state index contributed by atoms with van der Waals surface area (Å²) in [6, 6.07) is 18.8. The number of nitrogens with one attached hydrogen (secondary N) is 1. The summed E-state index contributed by atoms with van der Waals surface area (Å²) in [4.78, 5) is 4.02. The summed E-state index contributed by atoms with van der Waals surface area (Å²) in [5, 5.41) is 7.06. The molecule has 1 unspecified atom stereocenters. The van der Waals surface area contributed by atoms with Crippen LogP contribution in [-0.2, 0) is 0 Å². The van der Waals surface area contributed by atoms with Crippen LogP contribution in [0, 0.1) is 5.41 Å². The molecule has 5 heteroatoms. The van der Waals surface area contributed by atoms with E-state index < -0.39 is 0 Å². The van der Waals surface area contributed by atoms with Crippen LogP contribution in [0.15, 0.2) is 79.1 Å². The Morgan fingerprint density at radius 2 is 1.48 bits per heavy atom. The molecule has 3 rings (SSSR count). The lowest BCUT2D eigenvalue weighted by molar-refractivity contribution is 0.226. The first kappa shape index (κ1) is 18.2. The van der Waals surface area contributed by atoms with E-state index in [9.17, 15) is 0 Å². The van der Waals surface area contributed by atoms with E-state index in [1.165, 1.54) is 6.21 Å². The second-order valence-electron chi connectivity index (χ2n) is 5.93. The summed E-state index contributed by atoms with van der Waals surface area (Å²) in [7, 11) is 0. The van der Waals surface area contributed by atoms with Crippen LogP contribution in [0.25, 0.3) is 5.70 Å². The van der Waals surface area contributed by atoms with Crippen LogP contribution in [0.4, 0.5) is 0 Å². The Morgan fingerprint density at radius 3 is 2.07 bits per heavy atom. The second-order valence-corrected chi connectivity index (χ2v) is 5.93. The van der Waals surface area contributed by atoms with E-state index in [1.807, 2.05) is 67.6 Å². The molecule has 1 heterocycles. The van der Waals surface area contributed by atoms with Gasteiger partial charge in [0.2, 0.25) is 0 Å². The van der Waals surface area contributed by atoms with Gasteiger partial charge < -0.3 is 20.6 Å². The number of rotatable bonds is 7. The van der Waals surface area contributed by atoms with Gasteiger partial charge in [-0.1, -0.05) is 0 Å². The quantitative estimate of drug-likeness (QED) is 0.584. The lowest BCUT2D eigenvalue weighted by Gasteiger charge is -2.15. The first-order chi connectivity index (χ1) is 13.2. The zero-order chi connectivity index (χ0) is 19.1. The minimum atomic E-state index is -0.0632. The molecule has 0 aliphatic carbocycles. The van der Waals surface area contributed by atoms with Crippen molar-refractivity contribution < 1.29 is 9.47 Å². The monoisotopic (exact) mass is 359 g/mol. The predicted molar refractivity (Wildman–Crippen MR) is 107 cm³/mol. The molecule has 2 aromatic carbocycles. The molecule has 0 spiro atoms. The Labute approximate surface area is 158 Å². The van der Waals surface area contributed by atoms with E-state index in [0.717, 1.165) is 22.6 Å². The van der Waals surface area contributed by atoms with E-state index in [-0.39, 0.29) is 6.10 Å². The molecule has 136 valence electrons. The predicted octanol–water partition coefficient (Wildman–Crippen LogP) is 4.96. The van der Waals surface area contributed by atoms with E-state index >= 15 is 0 Å². The molecule has 0 saturated carbocycles. The van der Waals surface area contributed by atoms with Gasteiger partial charge in [0.05, 0.1) is 0 Å². The van der Waals surface area contributed by atoms with Gasteiger partial charge in [-0.25, -0.2) is 0 Å². The van der Waals surface area contributed by atoms with Crippen molar-refractivity contribution >= 4 is 11.9 Å². The minimum Gasteiger partial charge on any atom is -0.486 e. The number of benzene rings is 2. The lowest BCUT2D eigenvalue weighted by Crippen LogP contribution is -2.02. The fourth-order valence-corrected chi connectivity index (χ4v) is 2.53. The average molecular weight is 359 g/mol. The molecule has 5 nitrogen and oxygen atoms in total. The molecular formula is C22H21N3O2. The molecular weight excluding hydrogens is 338 g/mol. The van der Waals surface area contributed by atoms with E-state index in [4.69, 9.17) is 20.6 Å². The zero-order valence-corrected chi connectivity index (χ0v) is 15.0. The molecule has 1 aromatic heterocycles. The Morgan fingerprint density at radius 1 is 0.926 bits per heavy atom. The van der Waals surface area contributed by atoms with Crippen molar-refractivity contribution in [3.05, 3.63) is 90.3 Å². The molecule has 0 fully saturated rings. The standard InChI is InChI=1S/C22H21N3O2/c1-16(17-11-14-25-15-12-17)26-19-6-8-21(9-7-19)27-20-4-2-18(3-5-20)22(24)10-13-23/h2-16,23H,24H2,1H3/b22-10-,23-13?. The summed E-state index contributed by atoms with van der Waals surface area (Å²) in [6.07, 6.45) is 6.16. The molecule has 0 saturated heterocycles. The molecule has 27 heavy (non-hydrogen) atoms. The fraction of sp³-hybridized carbons (Fsp3) is 0.0909. The number of aromatic nitrogens is 1. The van der Waals surface area contributed by atoms with Crippen LogP contribution >= 0.6 is 0 Å². The normalized spacial score (nSPS) is 12.3. The highest BCUT2D eigenvalue weighted by Gasteiger charge is 2.07. The van der Waals surface area contributed by atoms with Crippen LogP contribution in [0.2, 0.25) is 0 Å². The van der Waals surface area contributed by atoms with Gasteiger partial charge in [-0.05, 0) is 84.8 Å². The molecule has 0 radical (unpaired) electrons. The molecule has 3 aromatic rings. The summed E-state index contributed by atoms with van der Waals surface area (Å²) in [5.74, 6) is 2.20. The van der Waals surface area contributed by atoms with Gasteiger partial charge >= 0.3 is 0 Å². The Hall–Kier alpha value is -3.60. The Balaban J connectivity index is 1.62. The van der Waals surface area contributed by atoms with Gasteiger partial charge in [0.25, 0.3) is 0 Å². The van der Waals surface area contributed by atoms with Crippen molar-refractivity contribution in [1.82, 2.24) is 4.98 Å². The molecule has 0 bridgehead atoms. The second kappa shape index (κ2) is 8.67. The number of nitrogens with zero attached hydrogens (tertiary/aromatic N) is 1. The SMILES string of the molecule is CC(Oc1ccc(Oc2ccc(/C(N)=C/C=N)cc2)cc1)c1ccncc1. The van der Waals surface area contributed by atoms with Gasteiger partial charge in [-0.2, -0.15) is 0 Å². The van der Waals surface area contributed by atoms with Gasteiger partial charge in [0.15, 0.2) is 0 Å². The molecule has 1 atom stereocenters. The van der Waals surface area contributed by atoms with Crippen LogP contribution in [0.1, 0.15) is 24.2 Å². The van der Waals surface area contributed by atoms with Gasteiger partial charge in [-0.15, -0.1) is 0 Å². The topological polar surface area (TPSA) is 81.2 Å². The van der Waals surface area contributed by atoms with E-state index in [2.05, 4.69) is 4.98 Å². The van der Waals surface area contributed by atoms with Crippen LogP contribution in [-0.4, -0.2) is 11.2 Å². The maximum absolute atomic E-state index is 7.06. The molecule has 0 aliphatic rings. The third-order valence-electron chi connectivity index (χ3n) is 4.00. The summed E-state index contributed by atoms with van der Waals surface area (Å²) in [5.41, 5.74) is 8.32. The number of nitrogens with two attached hydrogens (primary N) is 1. The first-order valence-corrected chi connectivity index (χ1v) is 8.57. The number of pyridine rings is 1. The average Bonchev–Trinajstić information content (AvgIpc) is 2.71. The highest BCUT2D eigenvalue weighted by molar-refractivity contribution is 5.81. The van der Waals surface area contributed by atoms with Crippen molar-refractivity contribution in [2.45, 2.75) is 13.0 Å². The number of hydrogen-bond donors (Lipinski definition) is 2. The van der Waals surface area contributed by atoms with Gasteiger partial charge in [-0.3, -0.25) is 4.98 Å². The molecule has 0 aliphatic heterocycles. The molecule has 3 N–H and O–H groups in total. The van der Waals surface area contributed by atoms with Crippen molar-refractivity contribution in [1.29, 1.82) is 5.41 Å². The smallest absolute Gasteiger partial charge is 0.127 e. The lowest BCUT2D eigenvalue weighted by atomic mass is 10.1. The van der Waals surface area contributed by atoms with E-state index in [1.54, 1.807) is 18.5 Å². The fourth-order valence-electron chi connectivity index (χ4n) is 2.53. The van der Waals surface area contributed by atoms with Crippen LogP contribution < -0.4 is 15.2 Å². The van der Waals surface area contributed by atoms with Crippen molar-refractivity contribution in [3.63, 3.8) is 0 Å².